The molecular formula is C43H60N2O4S. The van der Waals surface area contributed by atoms with Crippen molar-refractivity contribution in [2.24, 2.45) is 45.8 Å². The molecule has 272 valence electrons. The summed E-state index contributed by atoms with van der Waals surface area (Å²) in [6, 6.07) is 0. The molecule has 2 N–H and O–H groups in total. The van der Waals surface area contributed by atoms with E-state index in [9.17, 15) is 9.90 Å². The van der Waals surface area contributed by atoms with E-state index in [0.717, 1.165) is 76.6 Å². The van der Waals surface area contributed by atoms with Crippen LogP contribution in [0, 0.1) is 45.8 Å². The van der Waals surface area contributed by atoms with Crippen LogP contribution in [0.5, 0.6) is 0 Å². The molecule has 10 atom stereocenters. The molecule has 4 unspecified atom stereocenters. The largest absolute Gasteiger partial charge is 0.501 e. The number of aliphatic hydroxyl groups is 1. The van der Waals surface area contributed by atoms with Gasteiger partial charge in [0.15, 0.2) is 5.78 Å². The van der Waals surface area contributed by atoms with Crippen molar-refractivity contribution < 1.29 is 19.4 Å². The highest BCUT2D eigenvalue weighted by molar-refractivity contribution is 7.80. The number of likely N-dealkylation sites (N-methyl/N-ethyl adjacent to an activating group) is 1. The van der Waals surface area contributed by atoms with Gasteiger partial charge in [-0.3, -0.25) is 4.79 Å². The average molecular weight is 701 g/mol. The third kappa shape index (κ3) is 4.91. The molecule has 8 aliphatic carbocycles. The lowest BCUT2D eigenvalue weighted by Gasteiger charge is -2.54. The zero-order chi connectivity index (χ0) is 35.3. The first kappa shape index (κ1) is 34.8. The number of nitrogens with one attached hydrogen (secondary N) is 1. The van der Waals surface area contributed by atoms with Crippen LogP contribution in [-0.4, -0.2) is 66.5 Å². The summed E-state index contributed by atoms with van der Waals surface area (Å²) in [5.74, 6) is 4.11. The third-order valence-electron chi connectivity index (χ3n) is 16.2. The number of allylic oxidation sites excluding steroid dienone is 9. The minimum atomic E-state index is -0.499. The Bertz CT molecular complexity index is 1630. The SMILES string of the molecule is CN1C[C@@]2(CCC3C4CCC5=CC(=O)CC[C@]5(C)C4=CC[C@@]32C)OC1=S.CNC[C@@H]1CCC2C3CC=C4C=C(OC)CC[C@]4(C)C3=CC[C@@]21O. The van der Waals surface area contributed by atoms with Crippen molar-refractivity contribution in [3.05, 3.63) is 58.4 Å². The Morgan fingerprint density at radius 3 is 2.44 bits per heavy atom. The van der Waals surface area contributed by atoms with Crippen LogP contribution in [0.25, 0.3) is 0 Å². The average Bonchev–Trinajstić information content (AvgIpc) is 3.69. The van der Waals surface area contributed by atoms with Crippen molar-refractivity contribution >= 4 is 23.2 Å². The van der Waals surface area contributed by atoms with Crippen molar-refractivity contribution in [1.82, 2.24) is 10.2 Å². The highest BCUT2D eigenvalue weighted by atomic mass is 32.1. The number of fused-ring (bicyclic) bond motifs is 11. The smallest absolute Gasteiger partial charge is 0.259 e. The second kappa shape index (κ2) is 12.2. The Labute approximate surface area is 305 Å². The molecule has 3 saturated carbocycles. The Morgan fingerprint density at radius 1 is 0.940 bits per heavy atom. The summed E-state index contributed by atoms with van der Waals surface area (Å²) in [7, 11) is 5.84. The van der Waals surface area contributed by atoms with Crippen molar-refractivity contribution in [2.75, 3.05) is 34.3 Å². The first-order valence-corrected chi connectivity index (χ1v) is 20.1. The highest BCUT2D eigenvalue weighted by Gasteiger charge is 2.66. The van der Waals surface area contributed by atoms with Gasteiger partial charge in [0.05, 0.1) is 25.0 Å². The monoisotopic (exact) mass is 700 g/mol. The second-order valence-electron chi connectivity index (χ2n) is 18.2. The standard InChI is InChI=1S/C22H29NO2S.C21H31NO2/c1-20-9-6-15(24)12-14(20)4-5-16-17(20)7-10-21(2)18(16)8-11-22(21)13-23(3)19(26)25-22;1-20-10-8-16(24-3)12-14(20)4-6-17-18(20)9-11-21(23)15(13-22-2)5-7-19(17)21/h7,12,16,18H,4-6,8-11,13H2,1-3H3;4,9,12,15,17,19,22-23H,5-8,10-11,13H2,1-3H3/t16?,18?,20-,21-,22+;15-,17?,19?,20-,21-/m00/s1. The Balaban J connectivity index is 0.000000145. The molecule has 0 radical (unpaired) electrons. The van der Waals surface area contributed by atoms with Gasteiger partial charge >= 0.3 is 0 Å². The van der Waals surface area contributed by atoms with Crippen molar-refractivity contribution in [3.8, 4) is 0 Å². The van der Waals surface area contributed by atoms with E-state index in [0.29, 0.717) is 47.0 Å². The highest BCUT2D eigenvalue weighted by Crippen LogP contribution is 2.67. The molecule has 9 aliphatic rings. The number of carbonyl (C=O) groups excluding carboxylic acids is 1. The van der Waals surface area contributed by atoms with Crippen LogP contribution in [0.3, 0.4) is 0 Å². The molecule has 1 heterocycles. The Kier molecular flexibility index (Phi) is 8.48. The van der Waals surface area contributed by atoms with Crippen LogP contribution in [0.4, 0.5) is 0 Å². The zero-order valence-corrected chi connectivity index (χ0v) is 32.2. The predicted molar refractivity (Wildman–Crippen MR) is 202 cm³/mol. The van der Waals surface area contributed by atoms with Crippen LogP contribution < -0.4 is 5.32 Å². The third-order valence-corrected chi connectivity index (χ3v) is 16.6. The lowest BCUT2D eigenvalue weighted by Crippen LogP contribution is -2.52. The Morgan fingerprint density at radius 2 is 1.70 bits per heavy atom. The topological polar surface area (TPSA) is 71.0 Å². The maximum absolute atomic E-state index is 12.0. The van der Waals surface area contributed by atoms with E-state index in [1.807, 2.05) is 13.1 Å². The first-order chi connectivity index (χ1) is 23.8. The van der Waals surface area contributed by atoms with E-state index in [1.54, 1.807) is 18.3 Å². The molecule has 9 rings (SSSR count). The number of carbonyl (C=O) groups is 1. The molecule has 50 heavy (non-hydrogen) atoms. The number of methoxy groups -OCH3 is 1. The number of hydrogen-bond acceptors (Lipinski definition) is 6. The molecule has 0 amide bonds. The first-order valence-electron chi connectivity index (χ1n) is 19.7. The van der Waals surface area contributed by atoms with Gasteiger partial charge in [-0.2, -0.15) is 0 Å². The van der Waals surface area contributed by atoms with E-state index in [1.165, 1.54) is 30.4 Å². The van der Waals surface area contributed by atoms with Crippen molar-refractivity contribution in [2.45, 2.75) is 115 Å². The molecule has 0 bridgehead atoms. The number of thiocarbonyl (C=S) groups is 1. The molecule has 1 spiro atoms. The molecule has 1 aliphatic heterocycles. The van der Waals surface area contributed by atoms with E-state index in [-0.39, 0.29) is 21.8 Å². The number of nitrogens with zero attached hydrogens (tertiary/aromatic N) is 1. The van der Waals surface area contributed by atoms with Gasteiger partial charge in [-0.05, 0) is 131 Å². The maximum Gasteiger partial charge on any atom is 0.259 e. The van der Waals surface area contributed by atoms with E-state index in [2.05, 4.69) is 62.3 Å². The predicted octanol–water partition coefficient (Wildman–Crippen LogP) is 7.99. The molecule has 4 fully saturated rings. The second-order valence-corrected chi connectivity index (χ2v) is 18.5. The van der Waals surface area contributed by atoms with Gasteiger partial charge in [-0.25, -0.2) is 0 Å². The lowest BCUT2D eigenvalue weighted by atomic mass is 9.50. The molecule has 6 nitrogen and oxygen atoms in total. The van der Waals surface area contributed by atoms with Crippen LogP contribution >= 0.6 is 12.2 Å². The maximum atomic E-state index is 12.0. The normalized spacial score (nSPS) is 45.5. The van der Waals surface area contributed by atoms with Crippen LogP contribution in [0.15, 0.2) is 58.4 Å². The number of ketones is 1. The molecule has 1 saturated heterocycles. The van der Waals surface area contributed by atoms with Gasteiger partial charge in [0, 0.05) is 48.6 Å². The van der Waals surface area contributed by atoms with Gasteiger partial charge in [0.25, 0.3) is 5.17 Å². The fourth-order valence-electron chi connectivity index (χ4n) is 13.2. The minimum Gasteiger partial charge on any atom is -0.501 e. The number of rotatable bonds is 3. The molecule has 0 aromatic heterocycles. The van der Waals surface area contributed by atoms with Gasteiger partial charge in [0.1, 0.15) is 5.60 Å². The van der Waals surface area contributed by atoms with Crippen molar-refractivity contribution in [1.29, 1.82) is 0 Å². The molecule has 7 heteroatoms. The van der Waals surface area contributed by atoms with Crippen molar-refractivity contribution in [3.63, 3.8) is 0 Å². The van der Waals surface area contributed by atoms with E-state index in [4.69, 9.17) is 21.7 Å². The quantitative estimate of drug-likeness (QED) is 0.229. The lowest BCUT2D eigenvalue weighted by molar-refractivity contribution is -0.115. The summed E-state index contributed by atoms with van der Waals surface area (Å²) in [4.78, 5) is 14.1. The summed E-state index contributed by atoms with van der Waals surface area (Å²) in [6.07, 6.45) is 25.4. The summed E-state index contributed by atoms with van der Waals surface area (Å²) >= 11 is 5.46. The van der Waals surface area contributed by atoms with Gasteiger partial charge < -0.3 is 24.8 Å². The van der Waals surface area contributed by atoms with Crippen LogP contribution in [-0.2, 0) is 14.3 Å². The number of hydrogen-bond donors (Lipinski definition) is 2. The summed E-state index contributed by atoms with van der Waals surface area (Å²) in [5, 5.41) is 15.4. The Hall–Kier alpha value is -2.22. The summed E-state index contributed by atoms with van der Waals surface area (Å²) in [5.41, 5.74) is 5.89. The fraction of sp³-hybridized carbons (Fsp3) is 0.721. The number of ether oxygens (including phenoxy) is 2. The van der Waals surface area contributed by atoms with E-state index < -0.39 is 5.60 Å². The fourth-order valence-corrected chi connectivity index (χ4v) is 13.4. The zero-order valence-electron chi connectivity index (χ0n) is 31.4. The summed E-state index contributed by atoms with van der Waals surface area (Å²) < 4.78 is 11.9. The molecule has 0 aromatic carbocycles. The minimum absolute atomic E-state index is 0.106. The molecular weight excluding hydrogens is 641 g/mol. The van der Waals surface area contributed by atoms with Gasteiger partial charge in [0.2, 0.25) is 0 Å². The van der Waals surface area contributed by atoms with Crippen LogP contribution in [0.1, 0.15) is 104 Å². The van der Waals surface area contributed by atoms with Gasteiger partial charge in [-0.1, -0.05) is 55.7 Å². The van der Waals surface area contributed by atoms with Crippen LogP contribution in [0.2, 0.25) is 0 Å². The molecule has 0 aromatic rings. The van der Waals surface area contributed by atoms with E-state index >= 15 is 0 Å². The summed E-state index contributed by atoms with van der Waals surface area (Å²) in [6.45, 7) is 9.13. The van der Waals surface area contributed by atoms with Gasteiger partial charge in [-0.15, -0.1) is 0 Å².